The SMILES string of the molecule is C.CN(C)c1nc(NC2CCC(CNCc3ccccc3Br)CC2)nc2ccccc12. The molecule has 4 rings (SSSR count). The van der Waals surface area contributed by atoms with Gasteiger partial charge in [0.15, 0.2) is 0 Å². The summed E-state index contributed by atoms with van der Waals surface area (Å²) in [7, 11) is 4.06. The molecule has 0 atom stereocenters. The smallest absolute Gasteiger partial charge is 0.225 e. The molecule has 1 heterocycles. The van der Waals surface area contributed by atoms with Crippen molar-refractivity contribution in [1.29, 1.82) is 0 Å². The van der Waals surface area contributed by atoms with Gasteiger partial charge in [-0.3, -0.25) is 0 Å². The van der Waals surface area contributed by atoms with E-state index in [0.29, 0.717) is 6.04 Å². The summed E-state index contributed by atoms with van der Waals surface area (Å²) in [6.45, 7) is 1.99. The van der Waals surface area contributed by atoms with Crippen LogP contribution in [0.4, 0.5) is 11.8 Å². The van der Waals surface area contributed by atoms with Gasteiger partial charge in [-0.2, -0.15) is 4.98 Å². The van der Waals surface area contributed by atoms with Gasteiger partial charge in [-0.15, -0.1) is 0 Å². The van der Waals surface area contributed by atoms with Crippen LogP contribution >= 0.6 is 15.9 Å². The van der Waals surface area contributed by atoms with Gasteiger partial charge >= 0.3 is 0 Å². The van der Waals surface area contributed by atoms with Crippen molar-refractivity contribution < 1.29 is 0 Å². The van der Waals surface area contributed by atoms with E-state index in [1.54, 1.807) is 0 Å². The third-order valence-electron chi connectivity index (χ3n) is 5.89. The fourth-order valence-corrected chi connectivity index (χ4v) is 4.64. The average molecular weight is 484 g/mol. The molecular weight excluding hydrogens is 450 g/mol. The lowest BCUT2D eigenvalue weighted by Gasteiger charge is -2.29. The highest BCUT2D eigenvalue weighted by molar-refractivity contribution is 9.10. The van der Waals surface area contributed by atoms with Crippen molar-refractivity contribution in [3.63, 3.8) is 0 Å². The quantitative estimate of drug-likeness (QED) is 0.440. The number of halogens is 1. The number of fused-ring (bicyclic) bond motifs is 1. The number of benzene rings is 2. The summed E-state index contributed by atoms with van der Waals surface area (Å²) >= 11 is 3.63. The largest absolute Gasteiger partial charge is 0.362 e. The molecule has 0 aliphatic heterocycles. The molecule has 1 saturated carbocycles. The Morgan fingerprint density at radius 1 is 0.968 bits per heavy atom. The number of para-hydroxylation sites is 1. The molecule has 5 nitrogen and oxygen atoms in total. The van der Waals surface area contributed by atoms with Crippen LogP contribution in [0.25, 0.3) is 10.9 Å². The summed E-state index contributed by atoms with van der Waals surface area (Å²) in [5.74, 6) is 2.45. The molecule has 2 N–H and O–H groups in total. The molecule has 1 aliphatic rings. The van der Waals surface area contributed by atoms with Crippen molar-refractivity contribution >= 4 is 38.6 Å². The lowest BCUT2D eigenvalue weighted by molar-refractivity contribution is 0.323. The molecule has 2 aromatic carbocycles. The maximum atomic E-state index is 4.79. The predicted octanol–water partition coefficient (Wildman–Crippen LogP) is 5.85. The Hall–Kier alpha value is -2.18. The second kappa shape index (κ2) is 10.9. The van der Waals surface area contributed by atoms with Gasteiger partial charge in [0, 0.05) is 36.5 Å². The van der Waals surface area contributed by atoms with E-state index in [1.165, 1.54) is 22.9 Å². The fraction of sp³-hybridized carbons (Fsp3) is 0.440. The van der Waals surface area contributed by atoms with Crippen LogP contribution in [0.5, 0.6) is 0 Å². The Kier molecular flexibility index (Phi) is 8.27. The zero-order chi connectivity index (χ0) is 20.9. The van der Waals surface area contributed by atoms with Gasteiger partial charge in [0.05, 0.1) is 5.52 Å². The van der Waals surface area contributed by atoms with Crippen molar-refractivity contribution in [2.24, 2.45) is 5.92 Å². The first-order valence-electron chi connectivity index (χ1n) is 10.7. The second-order valence-corrected chi connectivity index (χ2v) is 9.22. The molecule has 1 fully saturated rings. The summed E-state index contributed by atoms with van der Waals surface area (Å²) in [4.78, 5) is 11.6. The van der Waals surface area contributed by atoms with Crippen molar-refractivity contribution in [3.8, 4) is 0 Å². The zero-order valence-electron chi connectivity index (χ0n) is 17.7. The first-order valence-corrected chi connectivity index (χ1v) is 11.5. The molecule has 0 radical (unpaired) electrons. The van der Waals surface area contributed by atoms with E-state index in [2.05, 4.69) is 67.9 Å². The minimum Gasteiger partial charge on any atom is -0.362 e. The molecule has 0 amide bonds. The maximum Gasteiger partial charge on any atom is 0.225 e. The zero-order valence-corrected chi connectivity index (χ0v) is 19.3. The molecule has 0 saturated heterocycles. The molecule has 0 spiro atoms. The van der Waals surface area contributed by atoms with Gasteiger partial charge in [0.2, 0.25) is 5.95 Å². The number of anilines is 2. The molecule has 3 aromatic rings. The van der Waals surface area contributed by atoms with Gasteiger partial charge < -0.3 is 15.5 Å². The van der Waals surface area contributed by atoms with E-state index in [-0.39, 0.29) is 7.43 Å². The molecular formula is C25H34BrN5. The van der Waals surface area contributed by atoms with Crippen LogP contribution in [0, 0.1) is 5.92 Å². The van der Waals surface area contributed by atoms with E-state index in [9.17, 15) is 0 Å². The van der Waals surface area contributed by atoms with Crippen LogP contribution in [0.3, 0.4) is 0 Å². The average Bonchev–Trinajstić information content (AvgIpc) is 2.75. The molecule has 166 valence electrons. The third kappa shape index (κ3) is 5.95. The van der Waals surface area contributed by atoms with Gasteiger partial charge in [-0.05, 0) is 61.9 Å². The minimum absolute atomic E-state index is 0. The van der Waals surface area contributed by atoms with Crippen molar-refractivity contribution in [2.75, 3.05) is 30.9 Å². The van der Waals surface area contributed by atoms with Gasteiger partial charge in [0.25, 0.3) is 0 Å². The standard InChI is InChI=1S/C24H30BrN5.CH4/c1-30(2)23-20-8-4-6-10-22(20)28-24(29-23)27-19-13-11-17(12-14-19)15-26-16-18-7-3-5-9-21(18)25;/h3-10,17,19,26H,11-16H2,1-2H3,(H,27,28,29);1H4. The summed E-state index contributed by atoms with van der Waals surface area (Å²) in [5.41, 5.74) is 2.31. The molecule has 0 bridgehead atoms. The Labute approximate surface area is 194 Å². The summed E-state index contributed by atoms with van der Waals surface area (Å²) < 4.78 is 1.18. The van der Waals surface area contributed by atoms with Crippen LogP contribution in [-0.2, 0) is 6.54 Å². The van der Waals surface area contributed by atoms with E-state index >= 15 is 0 Å². The first kappa shape index (κ1) is 23.5. The normalized spacial score (nSPS) is 18.4. The highest BCUT2D eigenvalue weighted by Gasteiger charge is 2.22. The topological polar surface area (TPSA) is 53.1 Å². The van der Waals surface area contributed by atoms with E-state index in [0.717, 1.165) is 54.5 Å². The fourth-order valence-electron chi connectivity index (χ4n) is 4.21. The molecule has 31 heavy (non-hydrogen) atoms. The number of nitrogens with zero attached hydrogens (tertiary/aromatic N) is 3. The van der Waals surface area contributed by atoms with Crippen LogP contribution in [-0.4, -0.2) is 36.6 Å². The van der Waals surface area contributed by atoms with Crippen LogP contribution in [0.1, 0.15) is 38.7 Å². The molecule has 1 aromatic heterocycles. The molecule has 0 unspecified atom stereocenters. The van der Waals surface area contributed by atoms with E-state index < -0.39 is 0 Å². The summed E-state index contributed by atoms with van der Waals surface area (Å²) in [5, 5.41) is 8.33. The van der Waals surface area contributed by atoms with Crippen LogP contribution < -0.4 is 15.5 Å². The maximum absolute atomic E-state index is 4.79. The minimum atomic E-state index is 0. The number of hydrogen-bond donors (Lipinski definition) is 2. The molecule has 6 heteroatoms. The number of hydrogen-bond acceptors (Lipinski definition) is 5. The Balaban J connectivity index is 0.00000272. The summed E-state index contributed by atoms with van der Waals surface area (Å²) in [6.07, 6.45) is 4.78. The number of nitrogens with one attached hydrogen (secondary N) is 2. The van der Waals surface area contributed by atoms with Crippen molar-refractivity contribution in [3.05, 3.63) is 58.6 Å². The van der Waals surface area contributed by atoms with Gasteiger partial charge in [-0.1, -0.05) is 53.7 Å². The van der Waals surface area contributed by atoms with Crippen LogP contribution in [0.2, 0.25) is 0 Å². The van der Waals surface area contributed by atoms with Crippen molar-refractivity contribution in [1.82, 2.24) is 15.3 Å². The number of rotatable bonds is 7. The summed E-state index contributed by atoms with van der Waals surface area (Å²) in [6, 6.07) is 17.1. The third-order valence-corrected chi connectivity index (χ3v) is 6.67. The number of aromatic nitrogens is 2. The Morgan fingerprint density at radius 3 is 2.42 bits per heavy atom. The lowest BCUT2D eigenvalue weighted by atomic mass is 9.86. The predicted molar refractivity (Wildman–Crippen MR) is 136 cm³/mol. The Bertz CT molecular complexity index is 983. The second-order valence-electron chi connectivity index (χ2n) is 8.37. The monoisotopic (exact) mass is 483 g/mol. The van der Waals surface area contributed by atoms with Crippen molar-refractivity contribution in [2.45, 2.75) is 45.7 Å². The molecule has 1 aliphatic carbocycles. The van der Waals surface area contributed by atoms with Gasteiger partial charge in [-0.25, -0.2) is 4.98 Å². The van der Waals surface area contributed by atoms with E-state index in [1.807, 2.05) is 26.2 Å². The first-order chi connectivity index (χ1) is 14.6. The lowest BCUT2D eigenvalue weighted by Crippen LogP contribution is -2.31. The highest BCUT2D eigenvalue weighted by atomic mass is 79.9. The Morgan fingerprint density at radius 2 is 1.68 bits per heavy atom. The highest BCUT2D eigenvalue weighted by Crippen LogP contribution is 2.28. The van der Waals surface area contributed by atoms with E-state index in [4.69, 9.17) is 9.97 Å². The van der Waals surface area contributed by atoms with Gasteiger partial charge in [0.1, 0.15) is 5.82 Å². The van der Waals surface area contributed by atoms with Crippen LogP contribution in [0.15, 0.2) is 53.0 Å².